The number of benzene rings is 2. The zero-order chi connectivity index (χ0) is 17.8. The van der Waals surface area contributed by atoms with Crippen LogP contribution in [0.2, 0.25) is 5.02 Å². The van der Waals surface area contributed by atoms with E-state index < -0.39 is 0 Å². The summed E-state index contributed by atoms with van der Waals surface area (Å²) >= 11 is 14.7. The number of nitrogens with one attached hydrogen (secondary N) is 2. The zero-order valence-electron chi connectivity index (χ0n) is 12.8. The Morgan fingerprint density at radius 2 is 1.92 bits per heavy atom. The molecule has 4 nitrogen and oxygen atoms in total. The predicted molar refractivity (Wildman–Crippen MR) is 107 cm³/mol. The Kier molecular flexibility index (Phi) is 5.67. The standard InChI is InChI=1S/C17H13BrClFN4S/c18-11-4-6-12(7-5-11)21-17(25)22-16-8-9-24(23-16)10-13-14(19)2-1-3-15(13)20/h1-9H,10H2,(H2,21,22,23,25). The Hall–Kier alpha value is -1.96. The molecule has 8 heteroatoms. The number of thiocarbonyl (C=S) groups is 1. The molecule has 1 heterocycles. The second-order valence-electron chi connectivity index (χ2n) is 5.18. The Labute approximate surface area is 163 Å². The van der Waals surface area contributed by atoms with Gasteiger partial charge in [-0.2, -0.15) is 5.10 Å². The van der Waals surface area contributed by atoms with Crippen LogP contribution < -0.4 is 10.6 Å². The molecule has 0 amide bonds. The van der Waals surface area contributed by atoms with Crippen LogP contribution in [0.25, 0.3) is 0 Å². The van der Waals surface area contributed by atoms with E-state index in [1.165, 1.54) is 6.07 Å². The van der Waals surface area contributed by atoms with E-state index in [9.17, 15) is 4.39 Å². The molecule has 0 saturated heterocycles. The van der Waals surface area contributed by atoms with Crippen LogP contribution in [0.4, 0.5) is 15.9 Å². The van der Waals surface area contributed by atoms with Crippen LogP contribution in [0.15, 0.2) is 59.2 Å². The van der Waals surface area contributed by atoms with Crippen molar-refractivity contribution in [3.8, 4) is 0 Å². The molecule has 128 valence electrons. The fourth-order valence-electron chi connectivity index (χ4n) is 2.17. The fourth-order valence-corrected chi connectivity index (χ4v) is 2.88. The van der Waals surface area contributed by atoms with E-state index in [1.807, 2.05) is 24.3 Å². The van der Waals surface area contributed by atoms with Gasteiger partial charge in [0.25, 0.3) is 0 Å². The first kappa shape index (κ1) is 17.8. The molecule has 0 spiro atoms. The number of hydrogen-bond acceptors (Lipinski definition) is 2. The van der Waals surface area contributed by atoms with Gasteiger partial charge in [0.15, 0.2) is 10.9 Å². The summed E-state index contributed by atoms with van der Waals surface area (Å²) in [6.07, 6.45) is 1.73. The molecule has 0 aliphatic rings. The van der Waals surface area contributed by atoms with Gasteiger partial charge in [-0.15, -0.1) is 0 Å². The van der Waals surface area contributed by atoms with Crippen molar-refractivity contribution in [3.05, 3.63) is 75.6 Å². The average Bonchev–Trinajstić information content (AvgIpc) is 3.00. The minimum Gasteiger partial charge on any atom is -0.332 e. The van der Waals surface area contributed by atoms with Gasteiger partial charge in [-0.3, -0.25) is 4.68 Å². The minimum atomic E-state index is -0.357. The monoisotopic (exact) mass is 438 g/mol. The van der Waals surface area contributed by atoms with Gasteiger partial charge < -0.3 is 10.6 Å². The van der Waals surface area contributed by atoms with Gasteiger partial charge >= 0.3 is 0 Å². The SMILES string of the molecule is Fc1cccc(Cl)c1Cn1ccc(NC(=S)Nc2ccc(Br)cc2)n1. The molecule has 3 aromatic rings. The smallest absolute Gasteiger partial charge is 0.176 e. The van der Waals surface area contributed by atoms with E-state index in [0.717, 1.165) is 10.2 Å². The lowest BCUT2D eigenvalue weighted by atomic mass is 10.2. The number of halogens is 3. The molecule has 3 rings (SSSR count). The van der Waals surface area contributed by atoms with Crippen molar-refractivity contribution in [3.63, 3.8) is 0 Å². The van der Waals surface area contributed by atoms with E-state index in [2.05, 4.69) is 31.7 Å². The molecule has 1 aromatic heterocycles. The first-order valence-electron chi connectivity index (χ1n) is 7.31. The highest BCUT2D eigenvalue weighted by atomic mass is 79.9. The van der Waals surface area contributed by atoms with Crippen LogP contribution in [-0.2, 0) is 6.54 Å². The maximum absolute atomic E-state index is 13.8. The molecule has 2 aromatic carbocycles. The summed E-state index contributed by atoms with van der Waals surface area (Å²) in [6.45, 7) is 0.236. The van der Waals surface area contributed by atoms with Crippen molar-refractivity contribution in [2.24, 2.45) is 0 Å². The number of aromatic nitrogens is 2. The number of nitrogens with zero attached hydrogens (tertiary/aromatic N) is 2. The fraction of sp³-hybridized carbons (Fsp3) is 0.0588. The van der Waals surface area contributed by atoms with Gasteiger partial charge in [0.05, 0.1) is 6.54 Å². The first-order valence-corrected chi connectivity index (χ1v) is 8.89. The summed E-state index contributed by atoms with van der Waals surface area (Å²) in [5.74, 6) is 0.201. The third kappa shape index (κ3) is 4.78. The van der Waals surface area contributed by atoms with E-state index in [1.54, 1.807) is 29.1 Å². The molecular formula is C17H13BrClFN4S. The van der Waals surface area contributed by atoms with Crippen LogP contribution >= 0.6 is 39.7 Å². The van der Waals surface area contributed by atoms with Gasteiger partial charge in [-0.05, 0) is 48.6 Å². The van der Waals surface area contributed by atoms with Gasteiger partial charge in [-0.25, -0.2) is 4.39 Å². The summed E-state index contributed by atoms with van der Waals surface area (Å²) in [5.41, 5.74) is 1.26. The van der Waals surface area contributed by atoms with E-state index in [-0.39, 0.29) is 12.4 Å². The van der Waals surface area contributed by atoms with Crippen molar-refractivity contribution in [1.82, 2.24) is 9.78 Å². The van der Waals surface area contributed by atoms with Crippen LogP contribution in [0.1, 0.15) is 5.56 Å². The zero-order valence-corrected chi connectivity index (χ0v) is 16.0. The van der Waals surface area contributed by atoms with Gasteiger partial charge in [0.2, 0.25) is 0 Å². The Balaban J connectivity index is 1.63. The third-order valence-electron chi connectivity index (χ3n) is 3.37. The second-order valence-corrected chi connectivity index (χ2v) is 6.92. The Morgan fingerprint density at radius 3 is 2.64 bits per heavy atom. The van der Waals surface area contributed by atoms with Crippen LogP contribution in [0.3, 0.4) is 0 Å². The van der Waals surface area contributed by atoms with E-state index >= 15 is 0 Å². The predicted octanol–water partition coefficient (Wildman–Crippen LogP) is 5.30. The number of anilines is 2. The van der Waals surface area contributed by atoms with Crippen molar-refractivity contribution < 1.29 is 4.39 Å². The molecule has 25 heavy (non-hydrogen) atoms. The topological polar surface area (TPSA) is 41.9 Å². The second kappa shape index (κ2) is 7.95. The Bertz CT molecular complexity index is 878. The summed E-state index contributed by atoms with van der Waals surface area (Å²) < 4.78 is 16.4. The molecule has 0 unspecified atom stereocenters. The lowest BCUT2D eigenvalue weighted by molar-refractivity contribution is 0.586. The van der Waals surface area contributed by atoms with Crippen LogP contribution in [0.5, 0.6) is 0 Å². The van der Waals surface area contributed by atoms with Crippen LogP contribution in [-0.4, -0.2) is 14.9 Å². The lowest BCUT2D eigenvalue weighted by Gasteiger charge is -2.09. The highest BCUT2D eigenvalue weighted by molar-refractivity contribution is 9.10. The highest BCUT2D eigenvalue weighted by Crippen LogP contribution is 2.20. The largest absolute Gasteiger partial charge is 0.332 e. The van der Waals surface area contributed by atoms with Crippen molar-refractivity contribution in [1.29, 1.82) is 0 Å². The molecular weight excluding hydrogens is 427 g/mol. The summed E-state index contributed by atoms with van der Waals surface area (Å²) in [5, 5.41) is 11.2. The third-order valence-corrected chi connectivity index (χ3v) is 4.45. The average molecular weight is 440 g/mol. The van der Waals surface area contributed by atoms with Crippen LogP contribution in [0, 0.1) is 5.82 Å². The molecule has 0 bridgehead atoms. The van der Waals surface area contributed by atoms with Crippen molar-refractivity contribution >= 4 is 56.4 Å². The number of rotatable bonds is 4. The minimum absolute atomic E-state index is 0.236. The highest BCUT2D eigenvalue weighted by Gasteiger charge is 2.09. The Morgan fingerprint density at radius 1 is 1.16 bits per heavy atom. The first-order chi connectivity index (χ1) is 12.0. The maximum Gasteiger partial charge on any atom is 0.176 e. The van der Waals surface area contributed by atoms with Gasteiger partial charge in [0, 0.05) is 33.0 Å². The van der Waals surface area contributed by atoms with Crippen molar-refractivity contribution in [2.75, 3.05) is 10.6 Å². The molecule has 0 radical (unpaired) electrons. The molecule has 0 saturated carbocycles. The number of hydrogen-bond donors (Lipinski definition) is 2. The van der Waals surface area contributed by atoms with Gasteiger partial charge in [-0.1, -0.05) is 33.6 Å². The lowest BCUT2D eigenvalue weighted by Crippen LogP contribution is -2.19. The summed E-state index contributed by atoms with van der Waals surface area (Å²) in [6, 6.07) is 14.0. The molecule has 0 atom stereocenters. The normalized spacial score (nSPS) is 10.5. The molecule has 0 fully saturated rings. The van der Waals surface area contributed by atoms with Crippen molar-refractivity contribution in [2.45, 2.75) is 6.54 Å². The van der Waals surface area contributed by atoms with E-state index in [4.69, 9.17) is 23.8 Å². The molecule has 0 aliphatic heterocycles. The quantitative estimate of drug-likeness (QED) is 0.542. The van der Waals surface area contributed by atoms with Gasteiger partial charge in [0.1, 0.15) is 5.82 Å². The summed E-state index contributed by atoms with van der Waals surface area (Å²) in [4.78, 5) is 0. The summed E-state index contributed by atoms with van der Waals surface area (Å²) in [7, 11) is 0. The molecule has 2 N–H and O–H groups in total. The maximum atomic E-state index is 13.8. The van der Waals surface area contributed by atoms with E-state index in [0.29, 0.717) is 21.5 Å². The molecule has 0 aliphatic carbocycles.